The van der Waals surface area contributed by atoms with Crippen LogP contribution >= 0.6 is 0 Å². The minimum absolute atomic E-state index is 0.0728. The van der Waals surface area contributed by atoms with Crippen LogP contribution in [0, 0.1) is 0 Å². The van der Waals surface area contributed by atoms with Crippen LogP contribution in [0.25, 0.3) is 0 Å². The van der Waals surface area contributed by atoms with Crippen molar-refractivity contribution in [3.63, 3.8) is 0 Å². The molecule has 0 radical (unpaired) electrons. The summed E-state index contributed by atoms with van der Waals surface area (Å²) in [7, 11) is 1.73. The first-order valence-corrected chi connectivity index (χ1v) is 7.08. The van der Waals surface area contributed by atoms with Crippen molar-refractivity contribution in [1.82, 2.24) is 10.6 Å². The normalized spacial score (nSPS) is 13.3. The number of hydrogen-bond donors (Lipinski definition) is 2. The number of nitrogens with zero attached hydrogens (tertiary/aromatic N) is 1. The predicted octanol–water partition coefficient (Wildman–Crippen LogP) is 0.628. The maximum absolute atomic E-state index is 12.1. The number of nitrogens with one attached hydrogen (secondary N) is 2. The highest BCUT2D eigenvalue weighted by Gasteiger charge is 2.21. The van der Waals surface area contributed by atoms with Crippen LogP contribution in [-0.4, -0.2) is 37.9 Å². The van der Waals surface area contributed by atoms with E-state index in [9.17, 15) is 14.4 Å². The van der Waals surface area contributed by atoms with Crippen LogP contribution < -0.4 is 15.5 Å². The van der Waals surface area contributed by atoms with E-state index < -0.39 is 0 Å². The summed E-state index contributed by atoms with van der Waals surface area (Å²) in [6, 6.07) is 5.19. The molecule has 1 heterocycles. The Bertz CT molecular complexity index is 625. The van der Waals surface area contributed by atoms with Gasteiger partial charge in [0.2, 0.25) is 11.8 Å². The molecule has 0 bridgehead atoms. The fourth-order valence-corrected chi connectivity index (χ4v) is 2.31. The Hall–Kier alpha value is -2.63. The molecule has 6 heteroatoms. The molecule has 0 saturated carbocycles. The molecule has 116 valence electrons. The average molecular weight is 301 g/mol. The Labute approximate surface area is 129 Å². The number of rotatable bonds is 5. The van der Waals surface area contributed by atoms with Crippen molar-refractivity contribution in [2.45, 2.75) is 12.8 Å². The Balaban J connectivity index is 2.01. The molecule has 0 aromatic heterocycles. The molecule has 1 aliphatic heterocycles. The molecule has 0 atom stereocenters. The van der Waals surface area contributed by atoms with E-state index in [1.807, 2.05) is 0 Å². The maximum Gasteiger partial charge on any atom is 0.251 e. The molecule has 3 amide bonds. The van der Waals surface area contributed by atoms with Gasteiger partial charge in [-0.2, -0.15) is 0 Å². The van der Waals surface area contributed by atoms with Gasteiger partial charge >= 0.3 is 0 Å². The smallest absolute Gasteiger partial charge is 0.251 e. The SMILES string of the molecule is C=CCNC(=O)CNC(=O)c1ccc2c(c1)CCC(=O)N2C. The highest BCUT2D eigenvalue weighted by molar-refractivity contribution is 5.99. The van der Waals surface area contributed by atoms with Crippen LogP contribution in [0.4, 0.5) is 5.69 Å². The Morgan fingerprint density at radius 2 is 2.09 bits per heavy atom. The highest BCUT2D eigenvalue weighted by Crippen LogP contribution is 2.27. The lowest BCUT2D eigenvalue weighted by Gasteiger charge is -2.26. The van der Waals surface area contributed by atoms with E-state index in [1.54, 1.807) is 36.2 Å². The molecular weight excluding hydrogens is 282 g/mol. The van der Waals surface area contributed by atoms with Gasteiger partial charge < -0.3 is 15.5 Å². The van der Waals surface area contributed by atoms with Crippen LogP contribution in [-0.2, 0) is 16.0 Å². The number of carbonyl (C=O) groups excluding carboxylic acids is 3. The van der Waals surface area contributed by atoms with E-state index in [4.69, 9.17) is 0 Å². The van der Waals surface area contributed by atoms with Gasteiger partial charge in [-0.25, -0.2) is 0 Å². The van der Waals surface area contributed by atoms with Gasteiger partial charge in [0.25, 0.3) is 5.91 Å². The molecule has 22 heavy (non-hydrogen) atoms. The van der Waals surface area contributed by atoms with Gasteiger partial charge in [-0.15, -0.1) is 6.58 Å². The van der Waals surface area contributed by atoms with Crippen LogP contribution in [0.15, 0.2) is 30.9 Å². The minimum atomic E-state index is -0.309. The van der Waals surface area contributed by atoms with Crippen molar-refractivity contribution in [3.05, 3.63) is 42.0 Å². The van der Waals surface area contributed by atoms with Crippen LogP contribution in [0.1, 0.15) is 22.3 Å². The van der Waals surface area contributed by atoms with Gasteiger partial charge in [0.05, 0.1) is 6.54 Å². The first kappa shape index (κ1) is 15.8. The lowest BCUT2D eigenvalue weighted by Crippen LogP contribution is -2.37. The fraction of sp³-hybridized carbons (Fsp3) is 0.312. The van der Waals surface area contributed by atoms with E-state index in [-0.39, 0.29) is 24.3 Å². The summed E-state index contributed by atoms with van der Waals surface area (Å²) in [4.78, 5) is 36.7. The van der Waals surface area contributed by atoms with Gasteiger partial charge in [0.1, 0.15) is 0 Å². The summed E-state index contributed by atoms with van der Waals surface area (Å²) in [6.45, 7) is 3.79. The predicted molar refractivity (Wildman–Crippen MR) is 83.7 cm³/mol. The second-order valence-electron chi connectivity index (χ2n) is 5.07. The molecule has 0 saturated heterocycles. The zero-order chi connectivity index (χ0) is 16.1. The third kappa shape index (κ3) is 3.52. The van der Waals surface area contributed by atoms with E-state index in [0.717, 1.165) is 11.3 Å². The molecular formula is C16H19N3O3. The number of hydrogen-bond acceptors (Lipinski definition) is 3. The van der Waals surface area contributed by atoms with Gasteiger partial charge in [-0.1, -0.05) is 6.08 Å². The number of amides is 3. The fourth-order valence-electron chi connectivity index (χ4n) is 2.31. The average Bonchev–Trinajstić information content (AvgIpc) is 2.53. The monoisotopic (exact) mass is 301 g/mol. The van der Waals surface area contributed by atoms with E-state index in [0.29, 0.717) is 24.9 Å². The molecule has 0 fully saturated rings. The third-order valence-electron chi connectivity index (χ3n) is 3.54. The molecule has 1 aromatic rings. The zero-order valence-electron chi connectivity index (χ0n) is 12.5. The minimum Gasteiger partial charge on any atom is -0.351 e. The quantitative estimate of drug-likeness (QED) is 0.783. The molecule has 1 aliphatic rings. The zero-order valence-corrected chi connectivity index (χ0v) is 12.5. The third-order valence-corrected chi connectivity index (χ3v) is 3.54. The van der Waals surface area contributed by atoms with E-state index in [1.165, 1.54) is 0 Å². The van der Waals surface area contributed by atoms with Crippen molar-refractivity contribution in [2.24, 2.45) is 0 Å². The molecule has 0 aliphatic carbocycles. The van der Waals surface area contributed by atoms with Crippen molar-refractivity contribution >= 4 is 23.4 Å². The van der Waals surface area contributed by atoms with Crippen molar-refractivity contribution in [3.8, 4) is 0 Å². The summed E-state index contributed by atoms with van der Waals surface area (Å²) in [6.07, 6.45) is 2.64. The highest BCUT2D eigenvalue weighted by atomic mass is 16.2. The standard InChI is InChI=1S/C16H19N3O3/c1-3-8-17-14(20)10-18-16(22)12-4-6-13-11(9-12)5-7-15(21)19(13)2/h3-4,6,9H,1,5,7-8,10H2,2H3,(H,17,20)(H,18,22). The molecule has 1 aromatic carbocycles. The van der Waals surface area contributed by atoms with Crippen molar-refractivity contribution < 1.29 is 14.4 Å². The molecule has 0 spiro atoms. The van der Waals surface area contributed by atoms with Crippen LogP contribution in [0.5, 0.6) is 0 Å². The largest absolute Gasteiger partial charge is 0.351 e. The first-order chi connectivity index (χ1) is 10.5. The topological polar surface area (TPSA) is 78.5 Å². The molecule has 2 rings (SSSR count). The van der Waals surface area contributed by atoms with E-state index in [2.05, 4.69) is 17.2 Å². The molecule has 2 N–H and O–H groups in total. The summed E-state index contributed by atoms with van der Waals surface area (Å²) < 4.78 is 0. The lowest BCUT2D eigenvalue weighted by atomic mass is 9.99. The van der Waals surface area contributed by atoms with Crippen molar-refractivity contribution in [2.75, 3.05) is 25.0 Å². The van der Waals surface area contributed by atoms with Crippen LogP contribution in [0.3, 0.4) is 0 Å². The Morgan fingerprint density at radius 3 is 2.82 bits per heavy atom. The van der Waals surface area contributed by atoms with Crippen LogP contribution in [0.2, 0.25) is 0 Å². The second kappa shape index (κ2) is 6.89. The number of anilines is 1. The van der Waals surface area contributed by atoms with Gasteiger partial charge in [-0.05, 0) is 30.2 Å². The number of fused-ring (bicyclic) bond motifs is 1. The van der Waals surface area contributed by atoms with Gasteiger partial charge in [0, 0.05) is 31.3 Å². The van der Waals surface area contributed by atoms with Gasteiger partial charge in [0.15, 0.2) is 0 Å². The second-order valence-corrected chi connectivity index (χ2v) is 5.07. The summed E-state index contributed by atoms with van der Waals surface area (Å²) >= 11 is 0. The molecule has 6 nitrogen and oxygen atoms in total. The number of benzene rings is 1. The number of aryl methyl sites for hydroxylation is 1. The Kier molecular flexibility index (Phi) is 4.93. The first-order valence-electron chi connectivity index (χ1n) is 7.08. The Morgan fingerprint density at radius 1 is 1.32 bits per heavy atom. The number of carbonyl (C=O) groups is 3. The summed E-state index contributed by atoms with van der Waals surface area (Å²) in [5.74, 6) is -0.503. The van der Waals surface area contributed by atoms with Crippen molar-refractivity contribution in [1.29, 1.82) is 0 Å². The van der Waals surface area contributed by atoms with E-state index >= 15 is 0 Å². The summed E-state index contributed by atoms with van der Waals surface area (Å²) in [5, 5.41) is 5.15. The molecule has 0 unspecified atom stereocenters. The summed E-state index contributed by atoms with van der Waals surface area (Å²) in [5.41, 5.74) is 2.28. The maximum atomic E-state index is 12.1. The van der Waals surface area contributed by atoms with Gasteiger partial charge in [-0.3, -0.25) is 14.4 Å². The lowest BCUT2D eigenvalue weighted by molar-refractivity contribution is -0.120.